The largest absolute Gasteiger partial charge is 0.392 e. The molecule has 1 aliphatic carbocycles. The predicted molar refractivity (Wildman–Crippen MR) is 64.6 cm³/mol. The zero-order chi connectivity index (χ0) is 11.5. The van der Waals surface area contributed by atoms with Gasteiger partial charge in [0.05, 0.1) is 6.10 Å². The Morgan fingerprint density at radius 2 is 2.25 bits per heavy atom. The summed E-state index contributed by atoms with van der Waals surface area (Å²) < 4.78 is 14.3. The fourth-order valence-corrected chi connectivity index (χ4v) is 2.51. The molecule has 2 nitrogen and oxygen atoms in total. The molecule has 2 unspecified atom stereocenters. The number of halogens is 2. The lowest BCUT2D eigenvalue weighted by atomic mass is 10.1. The van der Waals surface area contributed by atoms with Gasteiger partial charge in [-0.15, -0.1) is 0 Å². The van der Waals surface area contributed by atoms with Gasteiger partial charge in [-0.1, -0.05) is 15.9 Å². The van der Waals surface area contributed by atoms with Crippen LogP contribution < -0.4 is 5.32 Å². The number of hydrogen-bond acceptors (Lipinski definition) is 2. The van der Waals surface area contributed by atoms with Crippen LogP contribution in [0.5, 0.6) is 0 Å². The zero-order valence-corrected chi connectivity index (χ0v) is 10.5. The predicted octanol–water partition coefficient (Wildman–Crippen LogP) is 2.59. The van der Waals surface area contributed by atoms with Crippen LogP contribution in [0.3, 0.4) is 0 Å². The minimum atomic E-state index is -0.282. The first-order chi connectivity index (χ1) is 7.66. The second kappa shape index (κ2) is 5.25. The number of rotatable bonds is 3. The lowest BCUT2D eigenvalue weighted by Crippen LogP contribution is -2.35. The van der Waals surface area contributed by atoms with Crippen LogP contribution in [0, 0.1) is 5.82 Å². The normalized spacial score (nSPS) is 24.9. The molecule has 2 rings (SSSR count). The molecular weight excluding hydrogens is 273 g/mol. The summed E-state index contributed by atoms with van der Waals surface area (Å²) in [5.41, 5.74) is 0.633. The Balaban J connectivity index is 1.96. The average Bonchev–Trinajstić information content (AvgIpc) is 2.66. The van der Waals surface area contributed by atoms with E-state index < -0.39 is 0 Å². The maximum absolute atomic E-state index is 13.4. The average molecular weight is 288 g/mol. The summed E-state index contributed by atoms with van der Waals surface area (Å²) in [6.07, 6.45) is 2.57. The fourth-order valence-electron chi connectivity index (χ4n) is 2.10. The van der Waals surface area contributed by atoms with Crippen LogP contribution in [0.2, 0.25) is 0 Å². The van der Waals surface area contributed by atoms with Crippen LogP contribution in [-0.2, 0) is 6.54 Å². The van der Waals surface area contributed by atoms with Crippen LogP contribution in [0.15, 0.2) is 22.7 Å². The van der Waals surface area contributed by atoms with Crippen molar-refractivity contribution in [2.24, 2.45) is 0 Å². The van der Waals surface area contributed by atoms with Crippen LogP contribution in [0.25, 0.3) is 0 Å². The summed E-state index contributed by atoms with van der Waals surface area (Å²) in [6.45, 7) is 0.465. The smallest absolute Gasteiger partial charge is 0.127 e. The van der Waals surface area contributed by atoms with E-state index in [9.17, 15) is 9.50 Å². The highest BCUT2D eigenvalue weighted by molar-refractivity contribution is 9.10. The summed E-state index contributed by atoms with van der Waals surface area (Å²) in [5.74, 6) is -0.205. The molecule has 16 heavy (non-hydrogen) atoms. The number of nitrogens with one attached hydrogen (secondary N) is 1. The standard InChI is InChI=1S/C12H15BrFNO/c13-9-4-5-10(14)8(6-9)7-15-11-2-1-3-12(11)16/h4-6,11-12,15-16H,1-3,7H2. The number of aliphatic hydroxyl groups excluding tert-OH is 1. The molecule has 0 heterocycles. The molecule has 0 aliphatic heterocycles. The van der Waals surface area contributed by atoms with Crippen molar-refractivity contribution in [2.75, 3.05) is 0 Å². The molecule has 0 aromatic heterocycles. The van der Waals surface area contributed by atoms with E-state index in [4.69, 9.17) is 0 Å². The molecule has 0 bridgehead atoms. The maximum Gasteiger partial charge on any atom is 0.127 e. The van der Waals surface area contributed by atoms with Crippen molar-refractivity contribution in [2.45, 2.75) is 38.0 Å². The van der Waals surface area contributed by atoms with Gasteiger partial charge in [0.1, 0.15) is 5.82 Å². The highest BCUT2D eigenvalue weighted by Crippen LogP contribution is 2.20. The zero-order valence-electron chi connectivity index (χ0n) is 8.92. The first-order valence-electron chi connectivity index (χ1n) is 5.52. The molecule has 2 atom stereocenters. The van der Waals surface area contributed by atoms with Crippen LogP contribution in [0.1, 0.15) is 24.8 Å². The van der Waals surface area contributed by atoms with E-state index in [0.29, 0.717) is 12.1 Å². The SMILES string of the molecule is OC1CCCC1NCc1cc(Br)ccc1F. The van der Waals surface area contributed by atoms with Gasteiger partial charge in [-0.2, -0.15) is 0 Å². The summed E-state index contributed by atoms with van der Waals surface area (Å²) in [4.78, 5) is 0. The Hall–Kier alpha value is -0.450. The van der Waals surface area contributed by atoms with Crippen molar-refractivity contribution in [1.29, 1.82) is 0 Å². The van der Waals surface area contributed by atoms with E-state index in [1.807, 2.05) is 0 Å². The summed E-state index contributed by atoms with van der Waals surface area (Å²) in [7, 11) is 0. The van der Waals surface area contributed by atoms with Gasteiger partial charge >= 0.3 is 0 Å². The molecule has 1 aromatic carbocycles. The Morgan fingerprint density at radius 3 is 2.94 bits per heavy atom. The van der Waals surface area contributed by atoms with Gasteiger partial charge in [-0.05, 0) is 37.5 Å². The molecule has 4 heteroatoms. The van der Waals surface area contributed by atoms with Crippen molar-refractivity contribution in [1.82, 2.24) is 5.32 Å². The van der Waals surface area contributed by atoms with E-state index >= 15 is 0 Å². The summed E-state index contributed by atoms with van der Waals surface area (Å²) >= 11 is 3.32. The van der Waals surface area contributed by atoms with Gasteiger partial charge in [0.15, 0.2) is 0 Å². The second-order valence-electron chi connectivity index (χ2n) is 4.22. The molecule has 1 aromatic rings. The minimum absolute atomic E-state index is 0.110. The molecule has 0 radical (unpaired) electrons. The maximum atomic E-state index is 13.4. The van der Waals surface area contributed by atoms with Crippen molar-refractivity contribution >= 4 is 15.9 Å². The first-order valence-corrected chi connectivity index (χ1v) is 6.31. The highest BCUT2D eigenvalue weighted by atomic mass is 79.9. The molecule has 2 N–H and O–H groups in total. The van der Waals surface area contributed by atoms with Crippen LogP contribution in [0.4, 0.5) is 4.39 Å². The van der Waals surface area contributed by atoms with Gasteiger partial charge in [-0.25, -0.2) is 4.39 Å². The third-order valence-corrected chi connectivity index (χ3v) is 3.54. The highest BCUT2D eigenvalue weighted by Gasteiger charge is 2.24. The van der Waals surface area contributed by atoms with Gasteiger partial charge < -0.3 is 10.4 Å². The monoisotopic (exact) mass is 287 g/mol. The number of benzene rings is 1. The molecule has 1 aliphatic rings. The van der Waals surface area contributed by atoms with Crippen molar-refractivity contribution in [3.63, 3.8) is 0 Å². The van der Waals surface area contributed by atoms with E-state index in [0.717, 1.165) is 23.7 Å². The fraction of sp³-hybridized carbons (Fsp3) is 0.500. The molecule has 0 spiro atoms. The van der Waals surface area contributed by atoms with Crippen molar-refractivity contribution in [3.8, 4) is 0 Å². The topological polar surface area (TPSA) is 32.3 Å². The first kappa shape index (κ1) is 12.0. The lowest BCUT2D eigenvalue weighted by Gasteiger charge is -2.16. The Kier molecular flexibility index (Phi) is 3.95. The molecule has 1 fully saturated rings. The molecule has 0 amide bonds. The Morgan fingerprint density at radius 1 is 1.44 bits per heavy atom. The minimum Gasteiger partial charge on any atom is -0.392 e. The van der Waals surface area contributed by atoms with Crippen LogP contribution in [-0.4, -0.2) is 17.3 Å². The molecule has 1 saturated carbocycles. The van der Waals surface area contributed by atoms with Crippen LogP contribution >= 0.6 is 15.9 Å². The van der Waals surface area contributed by atoms with Gasteiger partial charge in [-0.3, -0.25) is 0 Å². The molecule has 0 saturated heterocycles. The Labute approximate surface area is 103 Å². The third kappa shape index (κ3) is 2.81. The summed E-state index contributed by atoms with van der Waals surface area (Å²) in [6, 6.07) is 5.01. The van der Waals surface area contributed by atoms with E-state index in [1.54, 1.807) is 12.1 Å². The second-order valence-corrected chi connectivity index (χ2v) is 5.14. The third-order valence-electron chi connectivity index (χ3n) is 3.04. The molecular formula is C12H15BrFNO. The number of aliphatic hydroxyl groups is 1. The van der Waals surface area contributed by atoms with E-state index in [-0.39, 0.29) is 18.0 Å². The quantitative estimate of drug-likeness (QED) is 0.896. The van der Waals surface area contributed by atoms with Gasteiger partial charge in [0.2, 0.25) is 0 Å². The van der Waals surface area contributed by atoms with Gasteiger partial charge in [0.25, 0.3) is 0 Å². The van der Waals surface area contributed by atoms with E-state index in [1.165, 1.54) is 6.07 Å². The van der Waals surface area contributed by atoms with E-state index in [2.05, 4.69) is 21.2 Å². The number of hydrogen-bond donors (Lipinski definition) is 2. The molecule has 88 valence electrons. The Bertz CT molecular complexity index is 372. The summed E-state index contributed by atoms with van der Waals surface area (Å²) in [5, 5.41) is 12.8. The van der Waals surface area contributed by atoms with Crippen molar-refractivity contribution in [3.05, 3.63) is 34.1 Å². The lowest BCUT2D eigenvalue weighted by molar-refractivity contribution is 0.148. The van der Waals surface area contributed by atoms with Gasteiger partial charge in [0, 0.05) is 22.6 Å². The van der Waals surface area contributed by atoms with Crippen molar-refractivity contribution < 1.29 is 9.50 Å².